The number of hydrogen-bond acceptors (Lipinski definition) is 15. The van der Waals surface area contributed by atoms with Crippen molar-refractivity contribution in [1.29, 1.82) is 0 Å². The first kappa shape index (κ1) is 88.1. The summed E-state index contributed by atoms with van der Waals surface area (Å²) in [6.07, 6.45) is 43.1. The summed E-state index contributed by atoms with van der Waals surface area (Å²) in [4.78, 5) is 72.6. The van der Waals surface area contributed by atoms with Crippen LogP contribution in [0.25, 0.3) is 0 Å². The van der Waals surface area contributed by atoms with E-state index >= 15 is 0 Å². The fourth-order valence-electron chi connectivity index (χ4n) is 10.6. The molecule has 0 aliphatic rings. The molecule has 0 fully saturated rings. The molecule has 0 spiro atoms. The molecule has 4 unspecified atom stereocenters. The molecule has 0 radical (unpaired) electrons. The van der Waals surface area contributed by atoms with Gasteiger partial charge in [-0.15, -0.1) is 0 Å². The number of esters is 4. The van der Waals surface area contributed by atoms with Gasteiger partial charge in [-0.25, -0.2) is 9.13 Å². The van der Waals surface area contributed by atoms with Gasteiger partial charge < -0.3 is 33.8 Å². The highest BCUT2D eigenvalue weighted by Gasteiger charge is 2.30. The van der Waals surface area contributed by atoms with Crippen LogP contribution in [0.15, 0.2) is 0 Å². The molecule has 0 saturated carbocycles. The first-order chi connectivity index (χ1) is 43.1. The molecule has 19 heteroatoms. The molecule has 0 rings (SSSR count). The van der Waals surface area contributed by atoms with Gasteiger partial charge in [0.1, 0.15) is 19.3 Å². The van der Waals surface area contributed by atoms with Crippen molar-refractivity contribution in [3.8, 4) is 0 Å². The number of carbonyl (C=O) groups excluding carboxylic acids is 4. The zero-order chi connectivity index (χ0) is 66.8. The molecule has 6 atom stereocenters. The van der Waals surface area contributed by atoms with Gasteiger partial charge in [-0.1, -0.05) is 299 Å². The van der Waals surface area contributed by atoms with Crippen molar-refractivity contribution in [3.05, 3.63) is 0 Å². The third-order valence-electron chi connectivity index (χ3n) is 16.7. The molecule has 0 saturated heterocycles. The van der Waals surface area contributed by atoms with Gasteiger partial charge in [-0.3, -0.25) is 37.3 Å². The van der Waals surface area contributed by atoms with E-state index < -0.39 is 97.5 Å². The smallest absolute Gasteiger partial charge is 0.462 e. The minimum absolute atomic E-state index is 0.105. The zero-order valence-corrected chi connectivity index (χ0v) is 60.6. The van der Waals surface area contributed by atoms with Crippen LogP contribution < -0.4 is 0 Å². The van der Waals surface area contributed by atoms with E-state index in [4.69, 9.17) is 37.0 Å². The maximum atomic E-state index is 13.0. The van der Waals surface area contributed by atoms with Crippen molar-refractivity contribution in [2.45, 2.75) is 369 Å². The van der Waals surface area contributed by atoms with E-state index in [9.17, 15) is 43.2 Å². The van der Waals surface area contributed by atoms with E-state index in [0.717, 1.165) is 120 Å². The lowest BCUT2D eigenvalue weighted by Crippen LogP contribution is -2.30. The first-order valence-corrected chi connectivity index (χ1v) is 39.7. The van der Waals surface area contributed by atoms with Gasteiger partial charge in [0.15, 0.2) is 12.2 Å². The molecule has 3 N–H and O–H groups in total. The van der Waals surface area contributed by atoms with Crippen LogP contribution in [0.4, 0.5) is 0 Å². The van der Waals surface area contributed by atoms with Crippen molar-refractivity contribution in [2.24, 2.45) is 23.7 Å². The molecule has 90 heavy (non-hydrogen) atoms. The number of hydrogen-bond donors (Lipinski definition) is 3. The highest BCUT2D eigenvalue weighted by molar-refractivity contribution is 7.47. The van der Waals surface area contributed by atoms with Gasteiger partial charge in [0.05, 0.1) is 26.4 Å². The Morgan fingerprint density at radius 2 is 0.533 bits per heavy atom. The van der Waals surface area contributed by atoms with Crippen LogP contribution in [-0.4, -0.2) is 96.7 Å². The Hall–Kier alpha value is -1.94. The summed E-state index contributed by atoms with van der Waals surface area (Å²) in [7, 11) is -9.90. The summed E-state index contributed by atoms with van der Waals surface area (Å²) in [6, 6.07) is 0. The third kappa shape index (κ3) is 63.5. The van der Waals surface area contributed by atoms with Crippen molar-refractivity contribution in [2.75, 3.05) is 39.6 Å². The second-order valence-corrected chi connectivity index (χ2v) is 30.2. The second kappa shape index (κ2) is 60.7. The second-order valence-electron chi connectivity index (χ2n) is 27.3. The van der Waals surface area contributed by atoms with Crippen LogP contribution in [0.3, 0.4) is 0 Å². The summed E-state index contributed by atoms with van der Waals surface area (Å²) in [5.74, 6) is 0.858. The molecule has 0 aromatic heterocycles. The zero-order valence-electron chi connectivity index (χ0n) is 58.8. The maximum Gasteiger partial charge on any atom is 0.472 e. The molecule has 0 aromatic carbocycles. The summed E-state index contributed by atoms with van der Waals surface area (Å²) in [5.41, 5.74) is 0. The summed E-state index contributed by atoms with van der Waals surface area (Å²) in [5, 5.41) is 10.6. The maximum absolute atomic E-state index is 13.0. The third-order valence-corrected chi connectivity index (χ3v) is 18.6. The molecule has 17 nitrogen and oxygen atoms in total. The van der Waals surface area contributed by atoms with Crippen LogP contribution in [0.5, 0.6) is 0 Å². The number of rotatable bonds is 68. The van der Waals surface area contributed by atoms with Crippen molar-refractivity contribution >= 4 is 39.5 Å². The standard InChI is InChI=1S/C71H138O17P2/c1-9-64(8)50-42-34-29-30-36-44-52-69(74)82-58-67(88-71(76)54-46-38-27-21-17-13-15-19-24-32-40-48-62(4)5)60-86-90(79,80)84-56-65(72)55-83-89(77,78)85-59-66(57-81-68(73)51-43-35-28-22-25-33-41-49-63(6)7)87-70(75)53-45-37-26-20-16-12-10-11-14-18-23-31-39-47-61(2)3/h61-67,72H,9-60H2,1-8H3,(H,77,78)(H,79,80)/t64?,65?,66-,67-/m1/s1. The fourth-order valence-corrected chi connectivity index (χ4v) is 12.2. The number of phosphoric ester groups is 2. The molecular weight excluding hydrogens is 1190 g/mol. The minimum atomic E-state index is -4.95. The highest BCUT2D eigenvalue weighted by Crippen LogP contribution is 2.45. The van der Waals surface area contributed by atoms with Crippen LogP contribution in [0.1, 0.15) is 351 Å². The van der Waals surface area contributed by atoms with Crippen LogP contribution in [0.2, 0.25) is 0 Å². The molecule has 0 aromatic rings. The fraction of sp³-hybridized carbons (Fsp3) is 0.944. The van der Waals surface area contributed by atoms with E-state index in [1.165, 1.54) is 141 Å². The van der Waals surface area contributed by atoms with E-state index in [1.807, 2.05) is 0 Å². The Morgan fingerprint density at radius 3 is 0.789 bits per heavy atom. The molecule has 0 aliphatic heterocycles. The quantitative estimate of drug-likeness (QED) is 0.0222. The van der Waals surface area contributed by atoms with Gasteiger partial charge in [0.25, 0.3) is 0 Å². The summed E-state index contributed by atoms with van der Waals surface area (Å²) in [6.45, 7) is 14.1. The average Bonchev–Trinajstić information content (AvgIpc) is 3.03. The van der Waals surface area contributed by atoms with E-state index in [0.29, 0.717) is 31.6 Å². The summed E-state index contributed by atoms with van der Waals surface area (Å²) < 4.78 is 68.3. The molecule has 0 aliphatic carbocycles. The predicted octanol–water partition coefficient (Wildman–Crippen LogP) is 20.1. The van der Waals surface area contributed by atoms with E-state index in [1.54, 1.807) is 0 Å². The lowest BCUT2D eigenvalue weighted by atomic mass is 10.00. The van der Waals surface area contributed by atoms with Crippen LogP contribution >= 0.6 is 15.6 Å². The Balaban J connectivity index is 5.24. The highest BCUT2D eigenvalue weighted by atomic mass is 31.2. The predicted molar refractivity (Wildman–Crippen MR) is 363 cm³/mol. The minimum Gasteiger partial charge on any atom is -0.462 e. The van der Waals surface area contributed by atoms with E-state index in [-0.39, 0.29) is 25.7 Å². The average molecular weight is 1330 g/mol. The van der Waals surface area contributed by atoms with Gasteiger partial charge in [0.2, 0.25) is 0 Å². The van der Waals surface area contributed by atoms with Crippen molar-refractivity contribution in [1.82, 2.24) is 0 Å². The summed E-state index contributed by atoms with van der Waals surface area (Å²) >= 11 is 0. The van der Waals surface area contributed by atoms with Gasteiger partial charge in [0, 0.05) is 25.7 Å². The van der Waals surface area contributed by atoms with E-state index in [2.05, 4.69) is 55.4 Å². The van der Waals surface area contributed by atoms with Gasteiger partial charge in [-0.2, -0.15) is 0 Å². The molecule has 0 heterocycles. The molecular formula is C71H138O17P2. The topological polar surface area (TPSA) is 237 Å². The number of aliphatic hydroxyl groups is 1. The number of ether oxygens (including phenoxy) is 4. The normalized spacial score (nSPS) is 14.6. The van der Waals surface area contributed by atoms with Crippen LogP contribution in [-0.2, 0) is 65.4 Å². The Labute approximate surface area is 549 Å². The lowest BCUT2D eigenvalue weighted by molar-refractivity contribution is -0.161. The monoisotopic (exact) mass is 1320 g/mol. The molecule has 0 amide bonds. The number of unbranched alkanes of at least 4 members (excludes halogenated alkanes) is 33. The van der Waals surface area contributed by atoms with Crippen molar-refractivity contribution in [3.63, 3.8) is 0 Å². The Morgan fingerprint density at radius 1 is 0.311 bits per heavy atom. The van der Waals surface area contributed by atoms with Gasteiger partial charge in [-0.05, 0) is 49.4 Å². The number of aliphatic hydroxyl groups excluding tert-OH is 1. The SMILES string of the molecule is CCC(C)CCCCCCCCC(=O)OC[C@H](COP(=O)(O)OCC(O)COP(=O)(O)OC[C@@H](COC(=O)CCCCCCCCCC(C)C)OC(=O)CCCCCCCCCCCCCCCC(C)C)OC(=O)CCCCCCCCCCCCCC(C)C. The Kier molecular flexibility index (Phi) is 59.4. The first-order valence-electron chi connectivity index (χ1n) is 36.7. The van der Waals surface area contributed by atoms with Gasteiger partial charge >= 0.3 is 39.5 Å². The number of phosphoric acid groups is 2. The van der Waals surface area contributed by atoms with Crippen LogP contribution in [0, 0.1) is 23.7 Å². The Bertz CT molecular complexity index is 1780. The molecule has 0 bridgehead atoms. The largest absolute Gasteiger partial charge is 0.472 e. The van der Waals surface area contributed by atoms with Crippen molar-refractivity contribution < 1.29 is 80.2 Å². The molecule has 534 valence electrons. The lowest BCUT2D eigenvalue weighted by Gasteiger charge is -2.21. The number of carbonyl (C=O) groups is 4.